The monoisotopic (exact) mass is 491 g/mol. The number of hydrogen-bond donors (Lipinski definition) is 1. The molecule has 0 aliphatic carbocycles. The molecule has 1 N–H and O–H groups in total. The molecule has 1 heterocycles. The van der Waals surface area contributed by atoms with Gasteiger partial charge in [0.25, 0.3) is 0 Å². The van der Waals surface area contributed by atoms with Crippen LogP contribution in [0.25, 0.3) is 11.3 Å². The molecule has 0 fully saturated rings. The number of rotatable bonds is 9. The molecule has 0 saturated carbocycles. The van der Waals surface area contributed by atoms with Gasteiger partial charge in [-0.15, -0.1) is 11.3 Å². The molecule has 0 amide bonds. The van der Waals surface area contributed by atoms with Crippen LogP contribution in [-0.2, 0) is 23.8 Å². The third-order valence-electron chi connectivity index (χ3n) is 5.70. The molecular formula is C26H28F3NO3S. The molecule has 0 atom stereocenters. The first-order chi connectivity index (χ1) is 15.9. The lowest BCUT2D eigenvalue weighted by Gasteiger charge is -2.21. The van der Waals surface area contributed by atoms with Gasteiger partial charge in [-0.2, -0.15) is 13.2 Å². The van der Waals surface area contributed by atoms with Crippen molar-refractivity contribution >= 4 is 17.3 Å². The Bertz CT molecular complexity index is 1170. The van der Waals surface area contributed by atoms with Gasteiger partial charge in [-0.25, -0.2) is 4.98 Å². The lowest BCUT2D eigenvalue weighted by Crippen LogP contribution is -2.26. The van der Waals surface area contributed by atoms with Gasteiger partial charge in [0.1, 0.15) is 5.75 Å². The van der Waals surface area contributed by atoms with E-state index in [2.05, 4.69) is 4.98 Å². The first kappa shape index (κ1) is 25.7. The van der Waals surface area contributed by atoms with Crippen LogP contribution in [0.5, 0.6) is 5.75 Å². The van der Waals surface area contributed by atoms with E-state index >= 15 is 0 Å². The maximum atomic E-state index is 13.3. The van der Waals surface area contributed by atoms with Crippen molar-refractivity contribution in [2.24, 2.45) is 5.41 Å². The lowest BCUT2D eigenvalue weighted by molar-refractivity contribution is -0.146. The predicted octanol–water partition coefficient (Wildman–Crippen LogP) is 7.11. The zero-order valence-corrected chi connectivity index (χ0v) is 20.4. The van der Waals surface area contributed by atoms with Crippen molar-refractivity contribution in [1.82, 2.24) is 4.98 Å². The summed E-state index contributed by atoms with van der Waals surface area (Å²) in [6, 6.07) is 9.37. The zero-order valence-electron chi connectivity index (χ0n) is 19.6. The fourth-order valence-electron chi connectivity index (χ4n) is 3.66. The second-order valence-corrected chi connectivity index (χ2v) is 9.97. The Kier molecular flexibility index (Phi) is 7.70. The quantitative estimate of drug-likeness (QED) is 0.324. The van der Waals surface area contributed by atoms with E-state index < -0.39 is 23.1 Å². The highest BCUT2D eigenvalue weighted by molar-refractivity contribution is 7.09. The number of carbonyl (C=O) groups is 1. The minimum Gasteiger partial charge on any atom is -0.493 e. The van der Waals surface area contributed by atoms with E-state index in [-0.39, 0.29) is 5.56 Å². The number of aliphatic carboxylic acids is 1. The van der Waals surface area contributed by atoms with Gasteiger partial charge in [0.05, 0.1) is 28.3 Å². The van der Waals surface area contributed by atoms with Gasteiger partial charge in [0.15, 0.2) is 0 Å². The van der Waals surface area contributed by atoms with E-state index in [4.69, 9.17) is 4.74 Å². The lowest BCUT2D eigenvalue weighted by atomic mass is 9.84. The van der Waals surface area contributed by atoms with Crippen LogP contribution in [0, 0.1) is 19.3 Å². The number of nitrogens with zero attached hydrogens (tertiary/aromatic N) is 1. The Morgan fingerprint density at radius 2 is 1.82 bits per heavy atom. The van der Waals surface area contributed by atoms with Crippen LogP contribution >= 0.6 is 11.3 Å². The number of aromatic nitrogens is 1. The third kappa shape index (κ3) is 6.17. The van der Waals surface area contributed by atoms with Crippen molar-refractivity contribution in [3.05, 3.63) is 69.0 Å². The molecule has 0 aliphatic rings. The fourth-order valence-corrected chi connectivity index (χ4v) is 4.50. The number of carboxylic acids is 1. The SMILES string of the molecule is Cc1cc(OCCCc2nc(-c3ccccc3C(F)(F)F)cs2)c(C)cc1CC(C)(C)C(=O)O. The topological polar surface area (TPSA) is 59.4 Å². The van der Waals surface area contributed by atoms with Crippen molar-refractivity contribution in [2.45, 2.75) is 53.1 Å². The molecule has 0 aliphatic heterocycles. The minimum absolute atomic E-state index is 0.0889. The second kappa shape index (κ2) is 10.2. The zero-order chi connectivity index (χ0) is 25.1. The molecular weight excluding hydrogens is 463 g/mol. The molecule has 4 nitrogen and oxygen atoms in total. The summed E-state index contributed by atoms with van der Waals surface area (Å²) in [6.45, 7) is 7.72. The third-order valence-corrected chi connectivity index (χ3v) is 6.61. The van der Waals surface area contributed by atoms with Crippen LogP contribution < -0.4 is 4.74 Å². The van der Waals surface area contributed by atoms with Crippen LogP contribution in [0.3, 0.4) is 0 Å². The fraction of sp³-hybridized carbons (Fsp3) is 0.385. The van der Waals surface area contributed by atoms with E-state index in [1.165, 1.54) is 23.5 Å². The summed E-state index contributed by atoms with van der Waals surface area (Å²) >= 11 is 1.34. The first-order valence-electron chi connectivity index (χ1n) is 11.0. The largest absolute Gasteiger partial charge is 0.493 e. The van der Waals surface area contributed by atoms with Gasteiger partial charge in [0.2, 0.25) is 0 Å². The van der Waals surface area contributed by atoms with Crippen LogP contribution in [0.2, 0.25) is 0 Å². The number of aryl methyl sites for hydroxylation is 3. The normalized spacial score (nSPS) is 12.1. The molecule has 3 aromatic rings. The van der Waals surface area contributed by atoms with Gasteiger partial charge >= 0.3 is 12.1 Å². The van der Waals surface area contributed by atoms with Crippen molar-refractivity contribution in [3.8, 4) is 17.0 Å². The Morgan fingerprint density at radius 3 is 2.50 bits per heavy atom. The highest BCUT2D eigenvalue weighted by Gasteiger charge is 2.33. The Labute approximate surface area is 201 Å². The maximum absolute atomic E-state index is 13.3. The molecule has 3 rings (SSSR count). The van der Waals surface area contributed by atoms with Crippen molar-refractivity contribution in [2.75, 3.05) is 6.61 Å². The molecule has 8 heteroatoms. The van der Waals surface area contributed by atoms with Gasteiger partial charge < -0.3 is 9.84 Å². The van der Waals surface area contributed by atoms with E-state index in [0.717, 1.165) is 33.5 Å². The predicted molar refractivity (Wildman–Crippen MR) is 127 cm³/mol. The molecule has 182 valence electrons. The molecule has 1 aromatic heterocycles. The summed E-state index contributed by atoms with van der Waals surface area (Å²) in [5.41, 5.74) is 1.77. The standard InChI is InChI=1S/C26H28F3NO3S/c1-16-13-22(17(2)12-18(16)14-25(3,4)24(31)32)33-11-7-10-23-30-21(15-34-23)19-8-5-6-9-20(19)26(27,28)29/h5-6,8-9,12-13,15H,7,10-11,14H2,1-4H3,(H,31,32). The summed E-state index contributed by atoms with van der Waals surface area (Å²) in [6.07, 6.45) is -2.73. The second-order valence-electron chi connectivity index (χ2n) is 9.03. The molecule has 0 bridgehead atoms. The number of ether oxygens (including phenoxy) is 1. The number of halogens is 3. The molecule has 0 radical (unpaired) electrons. The first-order valence-corrected chi connectivity index (χ1v) is 11.8. The number of hydrogen-bond acceptors (Lipinski definition) is 4. The van der Waals surface area contributed by atoms with Gasteiger partial charge in [-0.3, -0.25) is 4.79 Å². The Balaban J connectivity index is 1.60. The van der Waals surface area contributed by atoms with Crippen molar-refractivity contribution in [1.29, 1.82) is 0 Å². The highest BCUT2D eigenvalue weighted by Crippen LogP contribution is 2.37. The summed E-state index contributed by atoms with van der Waals surface area (Å²) in [5.74, 6) is -0.0922. The highest BCUT2D eigenvalue weighted by atomic mass is 32.1. The van der Waals surface area contributed by atoms with Crippen molar-refractivity contribution < 1.29 is 27.8 Å². The van der Waals surface area contributed by atoms with E-state index in [1.807, 2.05) is 26.0 Å². The Hall–Kier alpha value is -2.87. The van der Waals surface area contributed by atoms with Crippen LogP contribution in [0.1, 0.15) is 47.5 Å². The summed E-state index contributed by atoms with van der Waals surface area (Å²) in [4.78, 5) is 15.8. The average molecular weight is 492 g/mol. The number of alkyl halides is 3. The van der Waals surface area contributed by atoms with Crippen LogP contribution in [0.15, 0.2) is 41.8 Å². The molecule has 2 aromatic carbocycles. The van der Waals surface area contributed by atoms with E-state index in [0.29, 0.717) is 31.6 Å². The number of benzene rings is 2. The van der Waals surface area contributed by atoms with Crippen LogP contribution in [-0.4, -0.2) is 22.7 Å². The summed E-state index contributed by atoms with van der Waals surface area (Å²) < 4.78 is 45.8. The average Bonchev–Trinajstić information content (AvgIpc) is 3.22. The Morgan fingerprint density at radius 1 is 1.12 bits per heavy atom. The maximum Gasteiger partial charge on any atom is 0.417 e. The number of thiazole rings is 1. The van der Waals surface area contributed by atoms with E-state index in [1.54, 1.807) is 25.3 Å². The smallest absolute Gasteiger partial charge is 0.417 e. The van der Waals surface area contributed by atoms with E-state index in [9.17, 15) is 23.1 Å². The molecule has 0 unspecified atom stereocenters. The van der Waals surface area contributed by atoms with Crippen molar-refractivity contribution in [3.63, 3.8) is 0 Å². The summed E-state index contributed by atoms with van der Waals surface area (Å²) in [7, 11) is 0. The van der Waals surface area contributed by atoms with Gasteiger partial charge in [-0.1, -0.05) is 24.3 Å². The molecule has 0 spiro atoms. The van der Waals surface area contributed by atoms with Crippen LogP contribution in [0.4, 0.5) is 13.2 Å². The van der Waals surface area contributed by atoms with Gasteiger partial charge in [-0.05, 0) is 69.4 Å². The van der Waals surface area contributed by atoms with Gasteiger partial charge in [0, 0.05) is 17.4 Å². The molecule has 0 saturated heterocycles. The minimum atomic E-state index is -4.43. The summed E-state index contributed by atoms with van der Waals surface area (Å²) in [5, 5.41) is 11.8. The number of carboxylic acid groups (broad SMARTS) is 1. The molecule has 34 heavy (non-hydrogen) atoms.